The van der Waals surface area contributed by atoms with E-state index in [1.807, 2.05) is 30.3 Å². The number of nitrogens with zero attached hydrogens (tertiary/aromatic N) is 4. The minimum absolute atomic E-state index is 0. The highest BCUT2D eigenvalue weighted by molar-refractivity contribution is 14.0. The van der Waals surface area contributed by atoms with E-state index in [4.69, 9.17) is 9.47 Å². The summed E-state index contributed by atoms with van der Waals surface area (Å²) in [6.45, 7) is 7.57. The summed E-state index contributed by atoms with van der Waals surface area (Å²) in [6.07, 6.45) is 6.44. The maximum Gasteiger partial charge on any atom is 0.191 e. The molecule has 1 aromatic heterocycles. The molecule has 0 radical (unpaired) electrons. The number of rotatable bonds is 12. The second kappa shape index (κ2) is 16.1. The zero-order chi connectivity index (χ0) is 20.0. The number of ether oxygens (including phenoxy) is 2. The van der Waals surface area contributed by atoms with Crippen LogP contribution in [0.4, 0.5) is 0 Å². The van der Waals surface area contributed by atoms with Gasteiger partial charge in [-0.15, -0.1) is 34.2 Å². The molecular weight excluding hydrogens is 503 g/mol. The van der Waals surface area contributed by atoms with Gasteiger partial charge in [-0.1, -0.05) is 0 Å². The van der Waals surface area contributed by atoms with Gasteiger partial charge in [-0.2, -0.15) is 11.8 Å². The van der Waals surface area contributed by atoms with Gasteiger partial charge in [0.15, 0.2) is 11.8 Å². The monoisotopic (exact) mass is 540 g/mol. The van der Waals surface area contributed by atoms with Crippen LogP contribution in [-0.4, -0.2) is 72.2 Å². The molecular formula is C19H37IN6O2S. The summed E-state index contributed by atoms with van der Waals surface area (Å²) >= 11 is 1.86. The summed E-state index contributed by atoms with van der Waals surface area (Å²) < 4.78 is 13.2. The number of hydrogen-bond acceptors (Lipinski definition) is 6. The van der Waals surface area contributed by atoms with Crippen LogP contribution in [0.3, 0.4) is 0 Å². The van der Waals surface area contributed by atoms with Crippen LogP contribution in [0, 0.1) is 12.8 Å². The average Bonchev–Trinajstić information content (AvgIpc) is 3.04. The molecule has 10 heteroatoms. The first kappa shape index (κ1) is 26.4. The number of halogens is 1. The molecule has 0 aromatic carbocycles. The molecule has 1 aliphatic rings. The fourth-order valence-corrected chi connectivity index (χ4v) is 3.31. The average molecular weight is 541 g/mol. The Bertz CT molecular complexity index is 581. The van der Waals surface area contributed by atoms with E-state index >= 15 is 0 Å². The Hall–Kier alpha value is -0.590. The third-order valence-corrected chi connectivity index (χ3v) is 5.53. The van der Waals surface area contributed by atoms with Crippen molar-refractivity contribution in [1.29, 1.82) is 0 Å². The molecule has 8 nitrogen and oxygen atoms in total. The minimum atomic E-state index is 0. The first-order valence-corrected chi connectivity index (χ1v) is 11.6. The van der Waals surface area contributed by atoms with Crippen molar-refractivity contribution in [3.05, 3.63) is 11.6 Å². The lowest BCUT2D eigenvalue weighted by Crippen LogP contribution is -2.39. The Morgan fingerprint density at radius 2 is 1.97 bits per heavy atom. The van der Waals surface area contributed by atoms with Gasteiger partial charge in [-0.05, 0) is 50.5 Å². The summed E-state index contributed by atoms with van der Waals surface area (Å²) in [7, 11) is 1.97. The maximum absolute atomic E-state index is 5.84. The Labute approximate surface area is 196 Å². The third kappa shape index (κ3) is 10.8. The lowest BCUT2D eigenvalue weighted by molar-refractivity contribution is 0.0203. The van der Waals surface area contributed by atoms with Gasteiger partial charge in [-0.3, -0.25) is 0 Å². The van der Waals surface area contributed by atoms with Crippen LogP contribution in [0.2, 0.25) is 0 Å². The standard InChI is InChI=1S/C19H36N6O2S.HI/c1-16-23-24-18(25(16)2)14-22-19(21-9-5-13-28-3)20-8-4-10-27-15-17-6-11-26-12-7-17;/h17H,4-15H2,1-3H3,(H2,20,21,22);1H. The molecule has 29 heavy (non-hydrogen) atoms. The van der Waals surface area contributed by atoms with Gasteiger partial charge in [0.1, 0.15) is 12.4 Å². The van der Waals surface area contributed by atoms with Crippen molar-refractivity contribution in [2.24, 2.45) is 18.0 Å². The molecule has 168 valence electrons. The Morgan fingerprint density at radius 1 is 1.24 bits per heavy atom. The Kier molecular flexibility index (Phi) is 14.7. The van der Waals surface area contributed by atoms with Gasteiger partial charge in [0, 0.05) is 46.6 Å². The highest BCUT2D eigenvalue weighted by Gasteiger charge is 2.13. The van der Waals surface area contributed by atoms with Crippen molar-refractivity contribution >= 4 is 41.7 Å². The van der Waals surface area contributed by atoms with Crippen molar-refractivity contribution in [2.75, 3.05) is 51.5 Å². The summed E-state index contributed by atoms with van der Waals surface area (Å²) in [4.78, 5) is 4.67. The highest BCUT2D eigenvalue weighted by Crippen LogP contribution is 2.14. The van der Waals surface area contributed by atoms with Crippen LogP contribution in [-0.2, 0) is 23.1 Å². The number of aromatic nitrogens is 3. The van der Waals surface area contributed by atoms with E-state index in [9.17, 15) is 0 Å². The number of nitrogens with one attached hydrogen (secondary N) is 2. The second-order valence-electron chi connectivity index (χ2n) is 7.07. The van der Waals surface area contributed by atoms with Crippen LogP contribution in [0.5, 0.6) is 0 Å². The number of thioether (sulfide) groups is 1. The Morgan fingerprint density at radius 3 is 2.62 bits per heavy atom. The lowest BCUT2D eigenvalue weighted by Gasteiger charge is -2.21. The van der Waals surface area contributed by atoms with Crippen molar-refractivity contribution in [3.8, 4) is 0 Å². The lowest BCUT2D eigenvalue weighted by atomic mass is 10.0. The van der Waals surface area contributed by atoms with Crippen LogP contribution in [0.1, 0.15) is 37.3 Å². The largest absolute Gasteiger partial charge is 0.381 e. The predicted octanol–water partition coefficient (Wildman–Crippen LogP) is 2.36. The molecule has 1 aliphatic heterocycles. The van der Waals surface area contributed by atoms with Gasteiger partial charge in [0.25, 0.3) is 0 Å². The van der Waals surface area contributed by atoms with Crippen LogP contribution in [0.25, 0.3) is 0 Å². The van der Waals surface area contributed by atoms with Gasteiger partial charge in [0.2, 0.25) is 0 Å². The third-order valence-electron chi connectivity index (χ3n) is 4.83. The summed E-state index contributed by atoms with van der Waals surface area (Å²) in [6, 6.07) is 0. The van der Waals surface area contributed by atoms with E-state index in [1.54, 1.807) is 0 Å². The summed E-state index contributed by atoms with van der Waals surface area (Å²) in [5.74, 6) is 4.39. The van der Waals surface area contributed by atoms with E-state index in [0.717, 1.165) is 88.6 Å². The molecule has 2 N–H and O–H groups in total. The first-order valence-electron chi connectivity index (χ1n) is 10.2. The molecule has 0 spiro atoms. The molecule has 0 saturated carbocycles. The van der Waals surface area contributed by atoms with E-state index in [-0.39, 0.29) is 24.0 Å². The van der Waals surface area contributed by atoms with Crippen molar-refractivity contribution in [2.45, 2.75) is 39.2 Å². The van der Waals surface area contributed by atoms with Crippen molar-refractivity contribution in [3.63, 3.8) is 0 Å². The van der Waals surface area contributed by atoms with E-state index in [2.05, 4.69) is 32.1 Å². The van der Waals surface area contributed by atoms with Gasteiger partial charge >= 0.3 is 0 Å². The fraction of sp³-hybridized carbons (Fsp3) is 0.842. The van der Waals surface area contributed by atoms with Crippen molar-refractivity contribution in [1.82, 2.24) is 25.4 Å². The highest BCUT2D eigenvalue weighted by atomic mass is 127. The molecule has 0 aliphatic carbocycles. The van der Waals surface area contributed by atoms with E-state index in [1.165, 1.54) is 0 Å². The summed E-state index contributed by atoms with van der Waals surface area (Å²) in [5, 5.41) is 15.1. The number of aryl methyl sites for hydroxylation is 1. The molecule has 1 saturated heterocycles. The molecule has 0 bridgehead atoms. The van der Waals surface area contributed by atoms with Gasteiger partial charge in [0.05, 0.1) is 0 Å². The normalized spacial score (nSPS) is 15.2. The van der Waals surface area contributed by atoms with Crippen molar-refractivity contribution < 1.29 is 9.47 Å². The maximum atomic E-state index is 5.84. The summed E-state index contributed by atoms with van der Waals surface area (Å²) in [5.41, 5.74) is 0. The SMILES string of the molecule is CSCCCNC(=NCc1nnc(C)n1C)NCCCOCC1CCOCC1.I. The quantitative estimate of drug-likeness (QED) is 0.182. The smallest absolute Gasteiger partial charge is 0.191 e. The first-order chi connectivity index (χ1) is 13.7. The molecule has 0 amide bonds. The fourth-order valence-electron chi connectivity index (χ4n) is 2.88. The van der Waals surface area contributed by atoms with Gasteiger partial charge in [-0.25, -0.2) is 4.99 Å². The topological polar surface area (TPSA) is 85.6 Å². The number of hydrogen-bond donors (Lipinski definition) is 2. The number of aliphatic imine (C=N–C) groups is 1. The van der Waals surface area contributed by atoms with Crippen LogP contribution in [0.15, 0.2) is 4.99 Å². The zero-order valence-electron chi connectivity index (χ0n) is 18.0. The molecule has 2 rings (SSSR count). The number of guanidine groups is 1. The molecule has 0 unspecified atom stereocenters. The van der Waals surface area contributed by atoms with E-state index in [0.29, 0.717) is 12.5 Å². The second-order valence-corrected chi connectivity index (χ2v) is 8.06. The van der Waals surface area contributed by atoms with Crippen LogP contribution < -0.4 is 10.6 Å². The van der Waals surface area contributed by atoms with E-state index < -0.39 is 0 Å². The molecule has 1 fully saturated rings. The van der Waals surface area contributed by atoms with Gasteiger partial charge < -0.3 is 24.7 Å². The Balaban J connectivity index is 0.00000420. The zero-order valence-corrected chi connectivity index (χ0v) is 21.1. The molecule has 0 atom stereocenters. The van der Waals surface area contributed by atoms with Crippen LogP contribution >= 0.6 is 35.7 Å². The predicted molar refractivity (Wildman–Crippen MR) is 130 cm³/mol. The molecule has 2 heterocycles. The molecule has 1 aromatic rings. The minimum Gasteiger partial charge on any atom is -0.381 e.